The van der Waals surface area contributed by atoms with Crippen molar-refractivity contribution < 1.29 is 31.1 Å². The third-order valence-corrected chi connectivity index (χ3v) is 9.28. The number of hydrogen-bond acceptors (Lipinski definition) is 9. The summed E-state index contributed by atoms with van der Waals surface area (Å²) in [5.41, 5.74) is 0.138. The van der Waals surface area contributed by atoms with Gasteiger partial charge in [0.1, 0.15) is 11.2 Å². The van der Waals surface area contributed by atoms with E-state index in [0.29, 0.717) is 21.9 Å². The van der Waals surface area contributed by atoms with Crippen LogP contribution in [0.3, 0.4) is 0 Å². The Morgan fingerprint density at radius 2 is 0.838 bits per heavy atom. The molecule has 0 saturated heterocycles. The molecule has 5 rings (SSSR count). The van der Waals surface area contributed by atoms with Crippen molar-refractivity contribution in [2.24, 2.45) is 0 Å². The zero-order valence-corrected chi connectivity index (χ0v) is 20.1. The van der Waals surface area contributed by atoms with E-state index in [0.717, 1.165) is 48.5 Å². The van der Waals surface area contributed by atoms with Gasteiger partial charge in [-0.2, -0.15) is 0 Å². The van der Waals surface area contributed by atoms with Crippen LogP contribution in [-0.2, 0) is 19.7 Å². The topological polar surface area (TPSA) is 168 Å². The van der Waals surface area contributed by atoms with Crippen LogP contribution in [0.5, 0.6) is 0 Å². The lowest BCUT2D eigenvalue weighted by atomic mass is 10.1. The Labute approximate surface area is 208 Å². The lowest BCUT2D eigenvalue weighted by molar-refractivity contribution is -0.385. The number of nitro benzene ring substituents is 2. The maximum Gasteiger partial charge on any atom is 0.269 e. The lowest BCUT2D eigenvalue weighted by Crippen LogP contribution is -2.02. The van der Waals surface area contributed by atoms with E-state index in [-0.39, 0.29) is 31.0 Å². The Bertz CT molecular complexity index is 1800. The van der Waals surface area contributed by atoms with E-state index in [1.165, 1.54) is 36.4 Å². The van der Waals surface area contributed by atoms with Gasteiger partial charge in [-0.15, -0.1) is 0 Å². The lowest BCUT2D eigenvalue weighted by Gasteiger charge is -2.06. The first-order valence-corrected chi connectivity index (χ1v) is 13.4. The number of fused-ring (bicyclic) bond motifs is 3. The van der Waals surface area contributed by atoms with E-state index in [9.17, 15) is 37.1 Å². The molecule has 0 saturated carbocycles. The molecule has 11 nitrogen and oxygen atoms in total. The Hall–Kier alpha value is -4.62. The third-order valence-electron chi connectivity index (χ3n) is 5.75. The molecule has 37 heavy (non-hydrogen) atoms. The maximum atomic E-state index is 13.2. The number of furan rings is 1. The van der Waals surface area contributed by atoms with Crippen molar-refractivity contribution in [1.82, 2.24) is 0 Å². The Balaban J connectivity index is 1.60. The van der Waals surface area contributed by atoms with Gasteiger partial charge in [0.25, 0.3) is 11.4 Å². The van der Waals surface area contributed by atoms with Crippen molar-refractivity contribution in [1.29, 1.82) is 0 Å². The highest BCUT2D eigenvalue weighted by atomic mass is 32.2. The molecule has 0 fully saturated rings. The van der Waals surface area contributed by atoms with E-state index < -0.39 is 29.5 Å². The summed E-state index contributed by atoms with van der Waals surface area (Å²) in [6, 6.07) is 17.2. The van der Waals surface area contributed by atoms with E-state index in [4.69, 9.17) is 4.42 Å². The van der Waals surface area contributed by atoms with Gasteiger partial charge < -0.3 is 4.42 Å². The standard InChI is InChI=1S/C24H14N2O9S2/c27-25(28)15-1-5-17(6-2-15)36(31,32)19-9-11-23-21(13-19)22-14-20(10-12-24(22)35-23)37(33,34)18-7-3-16(4-8-18)26(29)30/h1-14H. The van der Waals surface area contributed by atoms with Gasteiger partial charge in [0.15, 0.2) is 0 Å². The van der Waals surface area contributed by atoms with Gasteiger partial charge in [0, 0.05) is 35.0 Å². The monoisotopic (exact) mass is 538 g/mol. The average molecular weight is 539 g/mol. The number of benzene rings is 4. The van der Waals surface area contributed by atoms with Crippen molar-refractivity contribution in [3.05, 3.63) is 105 Å². The Kier molecular flexibility index (Phi) is 5.53. The number of nitro groups is 2. The predicted molar refractivity (Wildman–Crippen MR) is 131 cm³/mol. The van der Waals surface area contributed by atoms with Gasteiger partial charge in [-0.25, -0.2) is 16.8 Å². The van der Waals surface area contributed by atoms with Gasteiger partial charge in [0.05, 0.1) is 29.4 Å². The van der Waals surface area contributed by atoms with Crippen LogP contribution in [0.25, 0.3) is 21.9 Å². The zero-order valence-electron chi connectivity index (χ0n) is 18.5. The van der Waals surface area contributed by atoms with Crippen LogP contribution in [0.2, 0.25) is 0 Å². The van der Waals surface area contributed by atoms with E-state index in [1.807, 2.05) is 0 Å². The summed E-state index contributed by atoms with van der Waals surface area (Å²) < 4.78 is 58.4. The minimum absolute atomic E-state index is 0.111. The molecule has 0 aliphatic carbocycles. The van der Waals surface area contributed by atoms with E-state index >= 15 is 0 Å². The highest BCUT2D eigenvalue weighted by molar-refractivity contribution is 7.91. The van der Waals surface area contributed by atoms with Crippen LogP contribution in [0.1, 0.15) is 0 Å². The zero-order chi connectivity index (χ0) is 26.5. The fourth-order valence-corrected chi connectivity index (χ4v) is 6.41. The second-order valence-corrected chi connectivity index (χ2v) is 11.8. The largest absolute Gasteiger partial charge is 0.456 e. The predicted octanol–water partition coefficient (Wildman–Crippen LogP) is 5.07. The summed E-state index contributed by atoms with van der Waals surface area (Å²) in [5.74, 6) is 0. The van der Waals surface area contributed by atoms with Crippen molar-refractivity contribution in [3.63, 3.8) is 0 Å². The second kappa shape index (κ2) is 8.50. The van der Waals surface area contributed by atoms with Crippen LogP contribution in [0, 0.1) is 20.2 Å². The molecule has 1 heterocycles. The molecule has 4 aromatic carbocycles. The second-order valence-electron chi connectivity index (χ2n) is 7.93. The summed E-state index contributed by atoms with van der Waals surface area (Å²) >= 11 is 0. The van der Waals surface area contributed by atoms with Crippen molar-refractivity contribution in [2.75, 3.05) is 0 Å². The first-order valence-electron chi connectivity index (χ1n) is 10.4. The molecule has 5 aromatic rings. The van der Waals surface area contributed by atoms with Gasteiger partial charge in [-0.3, -0.25) is 20.2 Å². The molecule has 13 heteroatoms. The SMILES string of the molecule is O=[N+]([O-])c1ccc(S(=O)(=O)c2ccc3oc4ccc(S(=O)(=O)c5ccc([N+](=O)[O-])cc5)cc4c3c2)cc1. The van der Waals surface area contributed by atoms with Gasteiger partial charge in [-0.1, -0.05) is 0 Å². The van der Waals surface area contributed by atoms with Gasteiger partial charge in [-0.05, 0) is 60.7 Å². The van der Waals surface area contributed by atoms with Crippen LogP contribution >= 0.6 is 0 Å². The molecular weight excluding hydrogens is 524 g/mol. The van der Waals surface area contributed by atoms with Gasteiger partial charge >= 0.3 is 0 Å². The van der Waals surface area contributed by atoms with Crippen LogP contribution in [-0.4, -0.2) is 26.7 Å². The molecule has 0 spiro atoms. The molecule has 1 aromatic heterocycles. The minimum Gasteiger partial charge on any atom is -0.456 e. The molecule has 0 radical (unpaired) electrons. The van der Waals surface area contributed by atoms with Crippen LogP contribution < -0.4 is 0 Å². The molecule has 186 valence electrons. The quantitative estimate of drug-likeness (QED) is 0.212. The summed E-state index contributed by atoms with van der Waals surface area (Å²) in [4.78, 5) is 20.0. The van der Waals surface area contributed by atoms with E-state index in [1.54, 1.807) is 0 Å². The fourth-order valence-electron chi connectivity index (χ4n) is 3.84. The highest BCUT2D eigenvalue weighted by Crippen LogP contribution is 2.35. The summed E-state index contributed by atoms with van der Waals surface area (Å²) in [6.07, 6.45) is 0. The average Bonchev–Trinajstić information content (AvgIpc) is 3.26. The number of non-ortho nitro benzene ring substituents is 2. The number of nitrogens with zero attached hydrogens (tertiary/aromatic N) is 2. The van der Waals surface area contributed by atoms with Crippen LogP contribution in [0.15, 0.2) is 109 Å². The number of hydrogen-bond donors (Lipinski definition) is 0. The summed E-state index contributed by atoms with van der Waals surface area (Å²) in [6.45, 7) is 0. The molecule has 0 atom stereocenters. The third kappa shape index (κ3) is 4.09. The van der Waals surface area contributed by atoms with Crippen molar-refractivity contribution in [2.45, 2.75) is 19.6 Å². The molecule has 0 unspecified atom stereocenters. The maximum absolute atomic E-state index is 13.2. The number of sulfone groups is 2. The highest BCUT2D eigenvalue weighted by Gasteiger charge is 2.23. The minimum atomic E-state index is -4.05. The fraction of sp³-hybridized carbons (Fsp3) is 0. The molecule has 0 N–H and O–H groups in total. The molecular formula is C24H14N2O9S2. The van der Waals surface area contributed by atoms with Crippen molar-refractivity contribution in [3.8, 4) is 0 Å². The molecule has 0 amide bonds. The Morgan fingerprint density at radius 3 is 1.16 bits per heavy atom. The molecule has 0 aliphatic heterocycles. The van der Waals surface area contributed by atoms with Gasteiger partial charge in [0.2, 0.25) is 19.7 Å². The van der Waals surface area contributed by atoms with Crippen molar-refractivity contribution >= 4 is 53.0 Å². The number of rotatable bonds is 6. The summed E-state index contributed by atoms with van der Waals surface area (Å²) in [7, 11) is -8.10. The Morgan fingerprint density at radius 1 is 0.514 bits per heavy atom. The molecule has 0 aliphatic rings. The first kappa shape index (κ1) is 24.1. The van der Waals surface area contributed by atoms with E-state index in [2.05, 4.69) is 0 Å². The van der Waals surface area contributed by atoms with Crippen LogP contribution in [0.4, 0.5) is 11.4 Å². The normalized spacial score (nSPS) is 12.1. The summed E-state index contributed by atoms with van der Waals surface area (Å²) in [5, 5.41) is 22.5. The first-order chi connectivity index (χ1) is 17.5. The smallest absolute Gasteiger partial charge is 0.269 e. The molecule has 0 bridgehead atoms.